The highest BCUT2D eigenvalue weighted by atomic mass is 32.2. The molecule has 116 valence electrons. The molecule has 2 amide bonds. The highest BCUT2D eigenvalue weighted by molar-refractivity contribution is 7.99. The zero-order chi connectivity index (χ0) is 14.9. The minimum atomic E-state index is 0.0954. The smallest absolute Gasteiger partial charge is 0.317 e. The number of nitrogens with one attached hydrogen (secondary N) is 1. The lowest BCUT2D eigenvalue weighted by atomic mass is 10.2. The van der Waals surface area contributed by atoms with Gasteiger partial charge in [-0.2, -0.15) is 11.8 Å². The van der Waals surface area contributed by atoms with E-state index in [-0.39, 0.29) is 6.03 Å². The third-order valence-electron chi connectivity index (χ3n) is 3.68. The Morgan fingerprint density at radius 1 is 1.29 bits per heavy atom. The van der Waals surface area contributed by atoms with Crippen molar-refractivity contribution < 1.29 is 4.79 Å². The maximum absolute atomic E-state index is 12.0. The van der Waals surface area contributed by atoms with Gasteiger partial charge in [0.25, 0.3) is 0 Å². The van der Waals surface area contributed by atoms with E-state index >= 15 is 0 Å². The first-order valence-electron chi connectivity index (χ1n) is 7.71. The second-order valence-corrected chi connectivity index (χ2v) is 6.32. The molecule has 0 atom stereocenters. The molecule has 4 nitrogen and oxygen atoms in total. The average molecular weight is 307 g/mol. The lowest BCUT2D eigenvalue weighted by Gasteiger charge is -2.27. The third kappa shape index (κ3) is 5.16. The SMILES string of the molecule is CCN(CCCNC(=O)N1CCSCC1)c1ccccc1. The number of rotatable bonds is 6. The van der Waals surface area contributed by atoms with Crippen LogP contribution in [0.25, 0.3) is 0 Å². The topological polar surface area (TPSA) is 35.6 Å². The van der Waals surface area contributed by atoms with E-state index in [0.29, 0.717) is 0 Å². The van der Waals surface area contributed by atoms with E-state index in [1.165, 1.54) is 5.69 Å². The number of urea groups is 1. The second-order valence-electron chi connectivity index (χ2n) is 5.10. The standard InChI is InChI=1S/C16H25N3OS/c1-2-18(15-7-4-3-5-8-15)10-6-9-17-16(20)19-11-13-21-14-12-19/h3-5,7-8H,2,6,9-14H2,1H3,(H,17,20). The van der Waals surface area contributed by atoms with E-state index in [4.69, 9.17) is 0 Å². The molecule has 0 aromatic heterocycles. The predicted octanol–water partition coefficient (Wildman–Crippen LogP) is 2.66. The van der Waals surface area contributed by atoms with Crippen LogP contribution in [0, 0.1) is 0 Å². The Morgan fingerprint density at radius 2 is 2.00 bits per heavy atom. The van der Waals surface area contributed by atoms with Crippen molar-refractivity contribution in [3.8, 4) is 0 Å². The van der Waals surface area contributed by atoms with Gasteiger partial charge in [-0.1, -0.05) is 18.2 Å². The number of benzene rings is 1. The monoisotopic (exact) mass is 307 g/mol. The summed E-state index contributed by atoms with van der Waals surface area (Å²) >= 11 is 1.92. The highest BCUT2D eigenvalue weighted by Gasteiger charge is 2.15. The molecule has 1 aliphatic rings. The summed E-state index contributed by atoms with van der Waals surface area (Å²) in [5.41, 5.74) is 1.25. The summed E-state index contributed by atoms with van der Waals surface area (Å²) < 4.78 is 0. The van der Waals surface area contributed by atoms with Crippen LogP contribution in [0.15, 0.2) is 30.3 Å². The number of para-hydroxylation sites is 1. The van der Waals surface area contributed by atoms with E-state index in [2.05, 4.69) is 41.4 Å². The average Bonchev–Trinajstić information content (AvgIpc) is 2.56. The highest BCUT2D eigenvalue weighted by Crippen LogP contribution is 2.13. The lowest BCUT2D eigenvalue weighted by molar-refractivity contribution is 0.203. The summed E-state index contributed by atoms with van der Waals surface area (Å²) in [5.74, 6) is 2.12. The van der Waals surface area contributed by atoms with Gasteiger partial charge in [0.15, 0.2) is 0 Å². The van der Waals surface area contributed by atoms with E-state index in [1.807, 2.05) is 22.7 Å². The van der Waals surface area contributed by atoms with Gasteiger partial charge >= 0.3 is 6.03 Å². The van der Waals surface area contributed by atoms with E-state index in [1.54, 1.807) is 0 Å². The minimum Gasteiger partial charge on any atom is -0.372 e. The molecule has 21 heavy (non-hydrogen) atoms. The van der Waals surface area contributed by atoms with E-state index in [9.17, 15) is 4.79 Å². The molecular formula is C16H25N3OS. The van der Waals surface area contributed by atoms with Gasteiger partial charge in [-0.15, -0.1) is 0 Å². The first-order valence-corrected chi connectivity index (χ1v) is 8.87. The van der Waals surface area contributed by atoms with Crippen molar-refractivity contribution in [1.82, 2.24) is 10.2 Å². The number of thioether (sulfide) groups is 1. The van der Waals surface area contributed by atoms with Crippen LogP contribution in [-0.4, -0.2) is 55.2 Å². The summed E-state index contributed by atoms with van der Waals surface area (Å²) in [6.45, 7) is 6.62. The zero-order valence-corrected chi connectivity index (χ0v) is 13.6. The number of hydrogen-bond donors (Lipinski definition) is 1. The van der Waals surface area contributed by atoms with Gasteiger partial charge in [0.05, 0.1) is 0 Å². The quantitative estimate of drug-likeness (QED) is 0.821. The molecule has 1 aliphatic heterocycles. The van der Waals surface area contributed by atoms with Gasteiger partial charge in [-0.05, 0) is 25.5 Å². The molecule has 1 heterocycles. The van der Waals surface area contributed by atoms with Crippen molar-refractivity contribution in [3.05, 3.63) is 30.3 Å². The summed E-state index contributed by atoms with van der Waals surface area (Å²) in [5, 5.41) is 3.03. The van der Waals surface area contributed by atoms with Gasteiger partial charge in [0.2, 0.25) is 0 Å². The van der Waals surface area contributed by atoms with Crippen LogP contribution < -0.4 is 10.2 Å². The number of anilines is 1. The van der Waals surface area contributed by atoms with Crippen molar-refractivity contribution in [2.75, 3.05) is 49.1 Å². The molecule has 0 radical (unpaired) electrons. The number of nitrogens with zero attached hydrogens (tertiary/aromatic N) is 2. The fourth-order valence-corrected chi connectivity index (χ4v) is 3.36. The summed E-state index contributed by atoms with van der Waals surface area (Å²) in [6.07, 6.45) is 0.969. The van der Waals surface area contributed by atoms with Crippen LogP contribution in [-0.2, 0) is 0 Å². The molecule has 5 heteroatoms. The molecule has 1 aromatic rings. The maximum atomic E-state index is 12.0. The largest absolute Gasteiger partial charge is 0.372 e. The van der Waals surface area contributed by atoms with Crippen LogP contribution in [0.3, 0.4) is 0 Å². The molecule has 1 aromatic carbocycles. The third-order valence-corrected chi connectivity index (χ3v) is 4.62. The zero-order valence-electron chi connectivity index (χ0n) is 12.8. The Kier molecular flexibility index (Phi) is 6.73. The fourth-order valence-electron chi connectivity index (χ4n) is 2.45. The molecule has 0 spiro atoms. The van der Waals surface area contributed by atoms with Gasteiger partial charge in [0, 0.05) is 49.9 Å². The Bertz CT molecular complexity index is 421. The molecular weight excluding hydrogens is 282 g/mol. The van der Waals surface area contributed by atoms with Gasteiger partial charge < -0.3 is 15.1 Å². The van der Waals surface area contributed by atoms with Crippen LogP contribution in [0.5, 0.6) is 0 Å². The van der Waals surface area contributed by atoms with Gasteiger partial charge in [0.1, 0.15) is 0 Å². The molecule has 0 unspecified atom stereocenters. The van der Waals surface area contributed by atoms with Crippen LogP contribution >= 0.6 is 11.8 Å². The molecule has 1 fully saturated rings. The predicted molar refractivity (Wildman–Crippen MR) is 91.2 cm³/mol. The van der Waals surface area contributed by atoms with Crippen LogP contribution in [0.4, 0.5) is 10.5 Å². The summed E-state index contributed by atoms with van der Waals surface area (Å²) in [7, 11) is 0. The van der Waals surface area contributed by atoms with Crippen molar-refractivity contribution in [2.24, 2.45) is 0 Å². The molecule has 2 rings (SSSR count). The van der Waals surface area contributed by atoms with E-state index in [0.717, 1.165) is 50.7 Å². The van der Waals surface area contributed by atoms with Crippen molar-refractivity contribution in [1.29, 1.82) is 0 Å². The molecule has 0 saturated carbocycles. The molecule has 1 saturated heterocycles. The summed E-state index contributed by atoms with van der Waals surface area (Å²) in [4.78, 5) is 16.2. The van der Waals surface area contributed by atoms with Crippen LogP contribution in [0.1, 0.15) is 13.3 Å². The fraction of sp³-hybridized carbons (Fsp3) is 0.562. The normalized spacial score (nSPS) is 14.8. The Hall–Kier alpha value is -1.36. The van der Waals surface area contributed by atoms with E-state index < -0.39 is 0 Å². The Balaban J connectivity index is 1.67. The van der Waals surface area contributed by atoms with Crippen molar-refractivity contribution >= 4 is 23.5 Å². The minimum absolute atomic E-state index is 0.0954. The Morgan fingerprint density at radius 3 is 2.67 bits per heavy atom. The van der Waals surface area contributed by atoms with Crippen molar-refractivity contribution in [3.63, 3.8) is 0 Å². The molecule has 0 aliphatic carbocycles. The number of carbonyl (C=O) groups is 1. The number of carbonyl (C=O) groups excluding carboxylic acids is 1. The van der Waals surface area contributed by atoms with Crippen LogP contribution in [0.2, 0.25) is 0 Å². The first kappa shape index (κ1) is 16.0. The first-order chi connectivity index (χ1) is 10.3. The van der Waals surface area contributed by atoms with Gasteiger partial charge in [-0.25, -0.2) is 4.79 Å². The number of hydrogen-bond acceptors (Lipinski definition) is 3. The number of amides is 2. The maximum Gasteiger partial charge on any atom is 0.317 e. The summed E-state index contributed by atoms with van der Waals surface area (Å²) in [6, 6.07) is 10.5. The molecule has 0 bridgehead atoms. The lowest BCUT2D eigenvalue weighted by Crippen LogP contribution is -2.45. The Labute approximate surface area is 131 Å². The second kappa shape index (κ2) is 8.82. The van der Waals surface area contributed by atoms with Crippen molar-refractivity contribution in [2.45, 2.75) is 13.3 Å². The molecule has 1 N–H and O–H groups in total. The van der Waals surface area contributed by atoms with Gasteiger partial charge in [-0.3, -0.25) is 0 Å².